The molecule has 1 atom stereocenters. The molecule has 1 fully saturated rings. The fourth-order valence-electron chi connectivity index (χ4n) is 3.54. The largest absolute Gasteiger partial charge is 0.451 e. The number of nitrogens with zero attached hydrogens (tertiary/aromatic N) is 5. The van der Waals surface area contributed by atoms with Gasteiger partial charge in [-0.1, -0.05) is 18.2 Å². The maximum atomic E-state index is 12.9. The molecule has 142 valence electrons. The van der Waals surface area contributed by atoms with E-state index in [2.05, 4.69) is 10.2 Å². The zero-order chi connectivity index (χ0) is 19.2. The van der Waals surface area contributed by atoms with Crippen LogP contribution in [0.15, 0.2) is 30.3 Å². The predicted molar refractivity (Wildman–Crippen MR) is 87.3 cm³/mol. The van der Waals surface area contributed by atoms with Crippen LogP contribution in [0.3, 0.4) is 0 Å². The number of para-hydroxylation sites is 1. The molecule has 0 spiro atoms. The van der Waals surface area contributed by atoms with Crippen LogP contribution in [0.5, 0.6) is 0 Å². The van der Waals surface area contributed by atoms with Gasteiger partial charge in [-0.2, -0.15) is 13.2 Å². The summed E-state index contributed by atoms with van der Waals surface area (Å²) in [6, 6.07) is 9.06. The molecule has 1 saturated heterocycles. The van der Waals surface area contributed by atoms with Crippen LogP contribution in [0.2, 0.25) is 0 Å². The Morgan fingerprint density at radius 2 is 1.85 bits per heavy atom. The van der Waals surface area contributed by atoms with Crippen molar-refractivity contribution < 1.29 is 22.8 Å². The van der Waals surface area contributed by atoms with E-state index in [0.29, 0.717) is 0 Å². The van der Waals surface area contributed by atoms with E-state index in [1.807, 2.05) is 18.2 Å². The number of hydrogen-bond donors (Lipinski definition) is 0. The van der Waals surface area contributed by atoms with Gasteiger partial charge in [-0.25, -0.2) is 0 Å². The van der Waals surface area contributed by atoms with E-state index in [9.17, 15) is 22.8 Å². The highest BCUT2D eigenvalue weighted by Crippen LogP contribution is 2.31. The number of fused-ring (bicyclic) bond motifs is 1. The van der Waals surface area contributed by atoms with E-state index in [4.69, 9.17) is 0 Å². The lowest BCUT2D eigenvalue weighted by Crippen LogP contribution is -2.43. The Kier molecular flexibility index (Phi) is 4.12. The normalized spacial score (nSPS) is 20.1. The molecule has 0 bridgehead atoms. The number of amides is 2. The molecule has 0 saturated carbocycles. The van der Waals surface area contributed by atoms with Crippen molar-refractivity contribution >= 4 is 17.5 Å². The first-order chi connectivity index (χ1) is 12.8. The molecule has 1 aromatic carbocycles. The standard InChI is InChI=1S/C17H16F3N5O2/c18-17(19,20)16-22-21-13-10-23(6-7-24(13)16)15(27)11-8-14(26)25(9-11)12-4-2-1-3-5-12/h1-5,11H,6-10H2. The summed E-state index contributed by atoms with van der Waals surface area (Å²) in [5.41, 5.74) is 0.728. The Bertz CT molecular complexity index is 880. The number of carbonyl (C=O) groups is 2. The van der Waals surface area contributed by atoms with Crippen LogP contribution >= 0.6 is 0 Å². The van der Waals surface area contributed by atoms with Crippen molar-refractivity contribution in [1.82, 2.24) is 19.7 Å². The average molecular weight is 379 g/mol. The van der Waals surface area contributed by atoms with Crippen molar-refractivity contribution in [2.24, 2.45) is 5.92 Å². The summed E-state index contributed by atoms with van der Waals surface area (Å²) in [5.74, 6) is -1.85. The molecular formula is C17H16F3N5O2. The van der Waals surface area contributed by atoms with Crippen molar-refractivity contribution in [1.29, 1.82) is 0 Å². The van der Waals surface area contributed by atoms with Crippen LogP contribution in [0, 0.1) is 5.92 Å². The van der Waals surface area contributed by atoms with Crippen LogP contribution in [0.4, 0.5) is 18.9 Å². The molecule has 10 heteroatoms. The summed E-state index contributed by atoms with van der Waals surface area (Å²) in [6.07, 6.45) is -4.49. The third-order valence-corrected chi connectivity index (χ3v) is 4.86. The highest BCUT2D eigenvalue weighted by atomic mass is 19.4. The maximum Gasteiger partial charge on any atom is 0.451 e. The zero-order valence-electron chi connectivity index (χ0n) is 14.2. The van der Waals surface area contributed by atoms with Gasteiger partial charge in [0.25, 0.3) is 0 Å². The molecule has 27 heavy (non-hydrogen) atoms. The third kappa shape index (κ3) is 3.15. The Balaban J connectivity index is 1.47. The van der Waals surface area contributed by atoms with Gasteiger partial charge in [-0.3, -0.25) is 9.59 Å². The van der Waals surface area contributed by atoms with Crippen molar-refractivity contribution in [3.8, 4) is 0 Å². The Morgan fingerprint density at radius 3 is 2.56 bits per heavy atom. The Hall–Kier alpha value is -2.91. The van der Waals surface area contributed by atoms with E-state index >= 15 is 0 Å². The number of benzene rings is 1. The molecule has 7 nitrogen and oxygen atoms in total. The van der Waals surface area contributed by atoms with Crippen LogP contribution in [-0.4, -0.2) is 44.6 Å². The summed E-state index contributed by atoms with van der Waals surface area (Å²) in [6.45, 7) is 0.325. The number of rotatable bonds is 2. The van der Waals surface area contributed by atoms with Gasteiger partial charge in [0.15, 0.2) is 5.82 Å². The smallest absolute Gasteiger partial charge is 0.333 e. The Morgan fingerprint density at radius 1 is 1.11 bits per heavy atom. The second-order valence-corrected chi connectivity index (χ2v) is 6.59. The van der Waals surface area contributed by atoms with Gasteiger partial charge in [0.05, 0.1) is 12.5 Å². The van der Waals surface area contributed by atoms with E-state index in [0.717, 1.165) is 10.3 Å². The van der Waals surface area contributed by atoms with Crippen molar-refractivity contribution in [2.45, 2.75) is 25.7 Å². The maximum absolute atomic E-state index is 12.9. The lowest BCUT2D eigenvalue weighted by Gasteiger charge is -2.30. The monoisotopic (exact) mass is 379 g/mol. The Labute approximate surface area is 152 Å². The quantitative estimate of drug-likeness (QED) is 0.796. The molecule has 2 aromatic rings. The van der Waals surface area contributed by atoms with Crippen molar-refractivity contribution in [3.05, 3.63) is 42.0 Å². The minimum absolute atomic E-state index is 0.0218. The molecule has 2 aliphatic heterocycles. The lowest BCUT2D eigenvalue weighted by molar-refractivity contribution is -0.148. The summed E-state index contributed by atoms with van der Waals surface area (Å²) < 4.78 is 39.7. The molecule has 0 radical (unpaired) electrons. The van der Waals surface area contributed by atoms with Gasteiger partial charge in [0.2, 0.25) is 17.6 Å². The van der Waals surface area contributed by atoms with Crippen LogP contribution < -0.4 is 4.90 Å². The van der Waals surface area contributed by atoms with E-state index < -0.39 is 17.9 Å². The molecule has 3 heterocycles. The number of aromatic nitrogens is 3. The summed E-state index contributed by atoms with van der Waals surface area (Å²) in [5, 5.41) is 6.79. The van der Waals surface area contributed by atoms with Crippen LogP contribution in [0.25, 0.3) is 0 Å². The first kappa shape index (κ1) is 17.5. The first-order valence-corrected chi connectivity index (χ1v) is 8.48. The molecule has 2 aliphatic rings. The van der Waals surface area contributed by atoms with Gasteiger partial charge in [0, 0.05) is 31.7 Å². The minimum Gasteiger partial charge on any atom is -0.333 e. The van der Waals surface area contributed by atoms with Gasteiger partial charge >= 0.3 is 6.18 Å². The summed E-state index contributed by atoms with van der Waals surface area (Å²) in [4.78, 5) is 28.1. The van der Waals surface area contributed by atoms with E-state index in [1.165, 1.54) is 4.90 Å². The van der Waals surface area contributed by atoms with Crippen molar-refractivity contribution in [2.75, 3.05) is 18.0 Å². The SMILES string of the molecule is O=C(C1CC(=O)N(c2ccccc2)C1)N1CCn2c(nnc2C(F)(F)F)C1. The van der Waals surface area contributed by atoms with Crippen molar-refractivity contribution in [3.63, 3.8) is 0 Å². The topological polar surface area (TPSA) is 71.3 Å². The van der Waals surface area contributed by atoms with E-state index in [-0.39, 0.29) is 50.2 Å². The first-order valence-electron chi connectivity index (χ1n) is 8.48. The molecule has 0 aliphatic carbocycles. The predicted octanol–water partition coefficient (Wildman–Crippen LogP) is 1.69. The van der Waals surface area contributed by atoms with Gasteiger partial charge in [-0.15, -0.1) is 10.2 Å². The number of hydrogen-bond acceptors (Lipinski definition) is 4. The molecule has 1 unspecified atom stereocenters. The second-order valence-electron chi connectivity index (χ2n) is 6.59. The van der Waals surface area contributed by atoms with Gasteiger partial charge < -0.3 is 14.4 Å². The van der Waals surface area contributed by atoms with Gasteiger partial charge in [-0.05, 0) is 12.1 Å². The fourth-order valence-corrected chi connectivity index (χ4v) is 3.54. The lowest BCUT2D eigenvalue weighted by atomic mass is 10.1. The van der Waals surface area contributed by atoms with E-state index in [1.54, 1.807) is 17.0 Å². The van der Waals surface area contributed by atoms with Gasteiger partial charge in [0.1, 0.15) is 0 Å². The molecule has 4 rings (SSSR count). The summed E-state index contributed by atoms with van der Waals surface area (Å²) >= 11 is 0. The number of alkyl halides is 3. The fraction of sp³-hybridized carbons (Fsp3) is 0.412. The molecule has 1 aromatic heterocycles. The second kappa shape index (κ2) is 6.36. The van der Waals surface area contributed by atoms with Crippen LogP contribution in [-0.2, 0) is 28.9 Å². The number of carbonyl (C=O) groups excluding carboxylic acids is 2. The highest BCUT2D eigenvalue weighted by molar-refractivity contribution is 6.00. The zero-order valence-corrected chi connectivity index (χ0v) is 14.2. The minimum atomic E-state index is -4.58. The molecular weight excluding hydrogens is 363 g/mol. The number of anilines is 1. The molecule has 0 N–H and O–H groups in total. The number of halogens is 3. The highest BCUT2D eigenvalue weighted by Gasteiger charge is 2.42. The third-order valence-electron chi connectivity index (χ3n) is 4.86. The molecule has 2 amide bonds. The average Bonchev–Trinajstić information content (AvgIpc) is 3.24. The van der Waals surface area contributed by atoms with Crippen LogP contribution in [0.1, 0.15) is 18.1 Å². The summed E-state index contributed by atoms with van der Waals surface area (Å²) in [7, 11) is 0.